The zero-order valence-electron chi connectivity index (χ0n) is 11.2. The Labute approximate surface area is 121 Å². The lowest BCUT2D eigenvalue weighted by Gasteiger charge is -2.07. The maximum absolute atomic E-state index is 12.0. The monoisotopic (exact) mass is 284 g/mol. The van der Waals surface area contributed by atoms with Crippen molar-refractivity contribution in [1.29, 1.82) is 0 Å². The van der Waals surface area contributed by atoms with Crippen molar-refractivity contribution in [3.63, 3.8) is 0 Å². The van der Waals surface area contributed by atoms with Gasteiger partial charge in [0.1, 0.15) is 11.3 Å². The molecule has 0 heterocycles. The standard InChI is InChI=1S/C16H12O5/c1-11(17)20-14-10-6-5-9-13(14)16(19)21-15(18)12-7-3-2-4-8-12/h2-10H,1H3. The van der Waals surface area contributed by atoms with Crippen LogP contribution >= 0.6 is 0 Å². The minimum absolute atomic E-state index is 0.0111. The molecular weight excluding hydrogens is 272 g/mol. The van der Waals surface area contributed by atoms with Gasteiger partial charge in [0.25, 0.3) is 0 Å². The highest BCUT2D eigenvalue weighted by molar-refractivity contribution is 6.04. The van der Waals surface area contributed by atoms with Crippen LogP contribution in [0.15, 0.2) is 54.6 Å². The normalized spacial score (nSPS) is 9.76. The van der Waals surface area contributed by atoms with E-state index in [0.717, 1.165) is 0 Å². The molecule has 0 aliphatic heterocycles. The van der Waals surface area contributed by atoms with Crippen LogP contribution < -0.4 is 4.74 Å². The van der Waals surface area contributed by atoms with E-state index in [2.05, 4.69) is 0 Å². The van der Waals surface area contributed by atoms with Crippen molar-refractivity contribution in [1.82, 2.24) is 0 Å². The Hall–Kier alpha value is -2.95. The number of carbonyl (C=O) groups is 3. The second kappa shape index (κ2) is 6.47. The highest BCUT2D eigenvalue weighted by Crippen LogP contribution is 2.19. The number of rotatable bonds is 3. The maximum atomic E-state index is 12.0. The van der Waals surface area contributed by atoms with Crippen LogP contribution in [-0.4, -0.2) is 17.9 Å². The number of carbonyl (C=O) groups excluding carboxylic acids is 3. The molecule has 0 spiro atoms. The smallest absolute Gasteiger partial charge is 0.349 e. The lowest BCUT2D eigenvalue weighted by Crippen LogP contribution is -2.14. The van der Waals surface area contributed by atoms with Gasteiger partial charge < -0.3 is 9.47 Å². The van der Waals surface area contributed by atoms with E-state index >= 15 is 0 Å². The van der Waals surface area contributed by atoms with Gasteiger partial charge in [0.05, 0.1) is 5.56 Å². The van der Waals surface area contributed by atoms with Gasteiger partial charge in [-0.3, -0.25) is 4.79 Å². The first-order valence-corrected chi connectivity index (χ1v) is 6.17. The molecule has 106 valence electrons. The summed E-state index contributed by atoms with van der Waals surface area (Å²) in [5.41, 5.74) is 0.271. The van der Waals surface area contributed by atoms with E-state index in [1.54, 1.807) is 30.3 Å². The Morgan fingerprint density at radius 2 is 1.43 bits per heavy atom. The third-order valence-electron chi connectivity index (χ3n) is 2.56. The summed E-state index contributed by atoms with van der Waals surface area (Å²) < 4.78 is 9.68. The van der Waals surface area contributed by atoms with Crippen molar-refractivity contribution in [3.8, 4) is 5.75 Å². The topological polar surface area (TPSA) is 69.7 Å². The van der Waals surface area contributed by atoms with Crippen LogP contribution in [0.25, 0.3) is 0 Å². The van der Waals surface area contributed by atoms with Gasteiger partial charge in [0.15, 0.2) is 0 Å². The summed E-state index contributed by atoms with van der Waals surface area (Å²) in [4.78, 5) is 34.8. The molecule has 0 aliphatic carbocycles. The van der Waals surface area contributed by atoms with Crippen LogP contribution in [-0.2, 0) is 9.53 Å². The summed E-state index contributed by atoms with van der Waals surface area (Å²) in [6.07, 6.45) is 0. The number of ether oxygens (including phenoxy) is 2. The fourth-order valence-electron chi connectivity index (χ4n) is 1.65. The zero-order chi connectivity index (χ0) is 15.2. The van der Waals surface area contributed by atoms with Gasteiger partial charge >= 0.3 is 17.9 Å². The van der Waals surface area contributed by atoms with Crippen LogP contribution in [0.3, 0.4) is 0 Å². The van der Waals surface area contributed by atoms with E-state index in [0.29, 0.717) is 0 Å². The molecule has 0 aromatic heterocycles. The average molecular weight is 284 g/mol. The number of esters is 3. The van der Waals surface area contributed by atoms with Crippen LogP contribution in [0, 0.1) is 0 Å². The first kappa shape index (κ1) is 14.5. The fraction of sp³-hybridized carbons (Fsp3) is 0.0625. The first-order chi connectivity index (χ1) is 10.1. The van der Waals surface area contributed by atoms with Crippen LogP contribution in [0.2, 0.25) is 0 Å². The molecule has 0 aliphatic rings. The molecule has 0 bridgehead atoms. The molecule has 2 rings (SSSR count). The Bertz CT molecular complexity index is 676. The van der Waals surface area contributed by atoms with Gasteiger partial charge in [0.2, 0.25) is 0 Å². The summed E-state index contributed by atoms with van der Waals surface area (Å²) in [5, 5.41) is 0. The Morgan fingerprint density at radius 1 is 0.810 bits per heavy atom. The molecule has 5 heteroatoms. The molecule has 21 heavy (non-hydrogen) atoms. The van der Waals surface area contributed by atoms with Gasteiger partial charge in [-0.25, -0.2) is 9.59 Å². The molecule has 0 fully saturated rings. The van der Waals surface area contributed by atoms with Crippen LogP contribution in [0.1, 0.15) is 27.6 Å². The molecule has 0 radical (unpaired) electrons. The third kappa shape index (κ3) is 3.76. The van der Waals surface area contributed by atoms with Crippen molar-refractivity contribution in [3.05, 3.63) is 65.7 Å². The van der Waals surface area contributed by atoms with E-state index < -0.39 is 17.9 Å². The number of hydrogen-bond acceptors (Lipinski definition) is 5. The molecule has 0 atom stereocenters. The first-order valence-electron chi connectivity index (χ1n) is 6.17. The fourth-order valence-corrected chi connectivity index (χ4v) is 1.65. The quantitative estimate of drug-likeness (QED) is 0.492. The summed E-state index contributed by atoms with van der Waals surface area (Å²) in [5.74, 6) is -2.15. The van der Waals surface area contributed by atoms with Crippen molar-refractivity contribution in [2.45, 2.75) is 6.92 Å². The molecule has 0 unspecified atom stereocenters. The molecule has 2 aromatic carbocycles. The molecule has 0 saturated carbocycles. The number of para-hydroxylation sites is 1. The van der Waals surface area contributed by atoms with E-state index in [1.807, 2.05) is 0 Å². The third-order valence-corrected chi connectivity index (χ3v) is 2.56. The van der Waals surface area contributed by atoms with E-state index in [4.69, 9.17) is 9.47 Å². The summed E-state index contributed by atoms with van der Waals surface area (Å²) in [6, 6.07) is 14.2. The van der Waals surface area contributed by atoms with Gasteiger partial charge in [-0.2, -0.15) is 0 Å². The van der Waals surface area contributed by atoms with Gasteiger partial charge in [-0.1, -0.05) is 30.3 Å². The van der Waals surface area contributed by atoms with Crippen molar-refractivity contribution < 1.29 is 23.9 Å². The summed E-state index contributed by atoms with van der Waals surface area (Å²) >= 11 is 0. The Balaban J connectivity index is 2.17. The summed E-state index contributed by atoms with van der Waals surface area (Å²) in [7, 11) is 0. The Morgan fingerprint density at radius 3 is 2.10 bits per heavy atom. The van der Waals surface area contributed by atoms with Crippen molar-refractivity contribution in [2.75, 3.05) is 0 Å². The lowest BCUT2D eigenvalue weighted by atomic mass is 10.2. The van der Waals surface area contributed by atoms with Gasteiger partial charge in [-0.15, -0.1) is 0 Å². The van der Waals surface area contributed by atoms with Crippen LogP contribution in [0.4, 0.5) is 0 Å². The molecule has 0 saturated heterocycles. The highest BCUT2D eigenvalue weighted by Gasteiger charge is 2.19. The molecule has 2 aromatic rings. The second-order valence-electron chi connectivity index (χ2n) is 4.13. The van der Waals surface area contributed by atoms with Gasteiger partial charge in [-0.05, 0) is 24.3 Å². The minimum Gasteiger partial charge on any atom is -0.426 e. The van der Waals surface area contributed by atoms with E-state index in [9.17, 15) is 14.4 Å². The predicted molar refractivity (Wildman–Crippen MR) is 73.9 cm³/mol. The average Bonchev–Trinajstić information content (AvgIpc) is 2.48. The minimum atomic E-state index is -0.874. The molecular formula is C16H12O5. The van der Waals surface area contributed by atoms with E-state index in [1.165, 1.54) is 31.2 Å². The number of hydrogen-bond donors (Lipinski definition) is 0. The van der Waals surface area contributed by atoms with Crippen molar-refractivity contribution in [2.24, 2.45) is 0 Å². The SMILES string of the molecule is CC(=O)Oc1ccccc1C(=O)OC(=O)c1ccccc1. The molecule has 0 amide bonds. The van der Waals surface area contributed by atoms with E-state index in [-0.39, 0.29) is 16.9 Å². The maximum Gasteiger partial charge on any atom is 0.349 e. The largest absolute Gasteiger partial charge is 0.426 e. The van der Waals surface area contributed by atoms with Crippen molar-refractivity contribution >= 4 is 17.9 Å². The summed E-state index contributed by atoms with van der Waals surface area (Å²) in [6.45, 7) is 1.22. The highest BCUT2D eigenvalue weighted by atomic mass is 16.6. The molecule has 0 N–H and O–H groups in total. The zero-order valence-corrected chi connectivity index (χ0v) is 11.2. The number of benzene rings is 2. The second-order valence-corrected chi connectivity index (χ2v) is 4.13. The predicted octanol–water partition coefficient (Wildman–Crippen LogP) is 2.61. The Kier molecular flexibility index (Phi) is 4.46. The lowest BCUT2D eigenvalue weighted by molar-refractivity contribution is -0.131. The van der Waals surface area contributed by atoms with Crippen LogP contribution in [0.5, 0.6) is 5.75 Å². The van der Waals surface area contributed by atoms with Gasteiger partial charge in [0, 0.05) is 6.92 Å². The molecule has 5 nitrogen and oxygen atoms in total.